The molecule has 1 heterocycles. The number of nitriles is 1. The van der Waals surface area contributed by atoms with Gasteiger partial charge in [0.25, 0.3) is 0 Å². The summed E-state index contributed by atoms with van der Waals surface area (Å²) < 4.78 is 10.3. The third-order valence-electron chi connectivity index (χ3n) is 3.01. The Hall–Kier alpha value is -1.57. The molecule has 2 N–H and O–H groups in total. The average molecular weight is 218 g/mol. The summed E-state index contributed by atoms with van der Waals surface area (Å²) in [6.45, 7) is 0.783. The number of hydrogen-bond acceptors (Lipinski definition) is 4. The Morgan fingerprint density at radius 2 is 2.19 bits per heavy atom. The van der Waals surface area contributed by atoms with Gasteiger partial charge in [-0.2, -0.15) is 5.26 Å². The van der Waals surface area contributed by atoms with Crippen LogP contribution in [0, 0.1) is 16.7 Å². The monoisotopic (exact) mass is 218 g/mol. The number of methoxy groups -OCH3 is 1. The summed E-state index contributed by atoms with van der Waals surface area (Å²) in [5.74, 6) is 0.719. The number of hydrogen-bond donors (Lipinski definition) is 1. The SMILES string of the molecule is COc1ccccc1C(N)C1(C#N)COC1. The zero-order chi connectivity index (χ0) is 11.6. The summed E-state index contributed by atoms with van der Waals surface area (Å²) in [4.78, 5) is 0. The molecule has 0 radical (unpaired) electrons. The van der Waals surface area contributed by atoms with Gasteiger partial charge in [-0.3, -0.25) is 0 Å². The summed E-state index contributed by atoms with van der Waals surface area (Å²) in [6.07, 6.45) is 0. The highest BCUT2D eigenvalue weighted by Crippen LogP contribution is 2.41. The molecule has 0 bridgehead atoms. The van der Waals surface area contributed by atoms with E-state index in [1.54, 1.807) is 7.11 Å². The number of rotatable bonds is 3. The van der Waals surface area contributed by atoms with Gasteiger partial charge in [-0.25, -0.2) is 0 Å². The van der Waals surface area contributed by atoms with Crippen LogP contribution in [0.1, 0.15) is 11.6 Å². The summed E-state index contributed by atoms with van der Waals surface area (Å²) >= 11 is 0. The number of nitrogens with zero attached hydrogens (tertiary/aromatic N) is 1. The lowest BCUT2D eigenvalue weighted by Gasteiger charge is -2.40. The van der Waals surface area contributed by atoms with Gasteiger partial charge in [0, 0.05) is 5.56 Å². The number of benzene rings is 1. The van der Waals surface area contributed by atoms with Crippen LogP contribution in [-0.4, -0.2) is 20.3 Å². The van der Waals surface area contributed by atoms with E-state index in [9.17, 15) is 5.26 Å². The van der Waals surface area contributed by atoms with Gasteiger partial charge in [-0.1, -0.05) is 18.2 Å². The minimum absolute atomic E-state index is 0.373. The Morgan fingerprint density at radius 1 is 1.50 bits per heavy atom. The quantitative estimate of drug-likeness (QED) is 0.828. The molecule has 1 fully saturated rings. The van der Waals surface area contributed by atoms with Crippen molar-refractivity contribution in [3.63, 3.8) is 0 Å². The Morgan fingerprint density at radius 3 is 2.69 bits per heavy atom. The fourth-order valence-electron chi connectivity index (χ4n) is 1.86. The summed E-state index contributed by atoms with van der Waals surface area (Å²) in [5.41, 5.74) is 6.39. The van der Waals surface area contributed by atoms with Gasteiger partial charge in [0.15, 0.2) is 0 Å². The lowest BCUT2D eigenvalue weighted by atomic mass is 9.77. The van der Waals surface area contributed by atoms with Gasteiger partial charge in [0.2, 0.25) is 0 Å². The van der Waals surface area contributed by atoms with Gasteiger partial charge in [-0.15, -0.1) is 0 Å². The fourth-order valence-corrected chi connectivity index (χ4v) is 1.86. The molecule has 1 aliphatic heterocycles. The van der Waals surface area contributed by atoms with Crippen molar-refractivity contribution in [1.29, 1.82) is 5.26 Å². The van der Waals surface area contributed by atoms with Crippen LogP contribution < -0.4 is 10.5 Å². The van der Waals surface area contributed by atoms with E-state index in [0.29, 0.717) is 13.2 Å². The second kappa shape index (κ2) is 4.12. The van der Waals surface area contributed by atoms with E-state index in [1.165, 1.54) is 0 Å². The van der Waals surface area contributed by atoms with Crippen molar-refractivity contribution in [2.75, 3.05) is 20.3 Å². The van der Waals surface area contributed by atoms with Gasteiger partial charge in [-0.05, 0) is 6.07 Å². The van der Waals surface area contributed by atoms with Crippen LogP contribution in [0.4, 0.5) is 0 Å². The zero-order valence-electron chi connectivity index (χ0n) is 9.14. The molecule has 0 aromatic heterocycles. The predicted molar refractivity (Wildman–Crippen MR) is 58.8 cm³/mol. The highest BCUT2D eigenvalue weighted by Gasteiger charge is 2.46. The maximum atomic E-state index is 9.18. The van der Waals surface area contributed by atoms with Gasteiger partial charge >= 0.3 is 0 Å². The maximum absolute atomic E-state index is 9.18. The van der Waals surface area contributed by atoms with E-state index >= 15 is 0 Å². The first-order valence-corrected chi connectivity index (χ1v) is 5.11. The summed E-state index contributed by atoms with van der Waals surface area (Å²) in [5, 5.41) is 9.18. The maximum Gasteiger partial charge on any atom is 0.123 e. The average Bonchev–Trinajstić information content (AvgIpc) is 2.28. The first kappa shape index (κ1) is 10.9. The third-order valence-corrected chi connectivity index (χ3v) is 3.01. The predicted octanol–water partition coefficient (Wildman–Crippen LogP) is 1.24. The minimum atomic E-state index is -0.603. The second-order valence-corrected chi connectivity index (χ2v) is 3.98. The normalized spacial score (nSPS) is 19.3. The molecule has 0 amide bonds. The van der Waals surface area contributed by atoms with Crippen molar-refractivity contribution in [3.05, 3.63) is 29.8 Å². The molecule has 1 aliphatic rings. The first-order valence-electron chi connectivity index (χ1n) is 5.11. The van der Waals surface area contributed by atoms with Gasteiger partial charge in [0.1, 0.15) is 11.2 Å². The highest BCUT2D eigenvalue weighted by molar-refractivity contribution is 5.38. The molecule has 4 heteroatoms. The lowest BCUT2D eigenvalue weighted by molar-refractivity contribution is -0.0912. The van der Waals surface area contributed by atoms with Crippen LogP contribution in [0.15, 0.2) is 24.3 Å². The standard InChI is InChI=1S/C12H14N2O2/c1-15-10-5-3-2-4-9(10)11(14)12(6-13)7-16-8-12/h2-5,11H,7-8,14H2,1H3. The number of nitrogens with two attached hydrogens (primary N) is 1. The molecule has 2 rings (SSSR count). The molecule has 84 valence electrons. The Bertz CT molecular complexity index is 421. The second-order valence-electron chi connectivity index (χ2n) is 3.98. The molecular weight excluding hydrogens is 204 g/mol. The van der Waals surface area contributed by atoms with Crippen LogP contribution in [0.25, 0.3) is 0 Å². The minimum Gasteiger partial charge on any atom is -0.496 e. The molecule has 0 spiro atoms. The van der Waals surface area contributed by atoms with Crippen molar-refractivity contribution in [3.8, 4) is 11.8 Å². The van der Waals surface area contributed by atoms with Gasteiger partial charge < -0.3 is 15.2 Å². The molecule has 4 nitrogen and oxygen atoms in total. The molecular formula is C12H14N2O2. The largest absolute Gasteiger partial charge is 0.496 e. The summed E-state index contributed by atoms with van der Waals surface area (Å²) in [6, 6.07) is 9.39. The lowest BCUT2D eigenvalue weighted by Crippen LogP contribution is -2.49. The Labute approximate surface area is 94.6 Å². The van der Waals surface area contributed by atoms with E-state index in [4.69, 9.17) is 15.2 Å². The first-order chi connectivity index (χ1) is 7.73. The molecule has 1 unspecified atom stereocenters. The van der Waals surface area contributed by atoms with Crippen LogP contribution >= 0.6 is 0 Å². The zero-order valence-corrected chi connectivity index (χ0v) is 9.14. The molecule has 0 aliphatic carbocycles. The van der Waals surface area contributed by atoms with Crippen molar-refractivity contribution in [2.45, 2.75) is 6.04 Å². The molecule has 1 atom stereocenters. The smallest absolute Gasteiger partial charge is 0.123 e. The van der Waals surface area contributed by atoms with E-state index in [0.717, 1.165) is 11.3 Å². The number of ether oxygens (including phenoxy) is 2. The van der Waals surface area contributed by atoms with Gasteiger partial charge in [0.05, 0.1) is 32.4 Å². The Balaban J connectivity index is 2.34. The van der Waals surface area contributed by atoms with Crippen molar-refractivity contribution in [1.82, 2.24) is 0 Å². The van der Waals surface area contributed by atoms with E-state index in [-0.39, 0.29) is 6.04 Å². The van der Waals surface area contributed by atoms with Crippen LogP contribution in [-0.2, 0) is 4.74 Å². The fraction of sp³-hybridized carbons (Fsp3) is 0.417. The molecule has 1 aromatic rings. The number of para-hydroxylation sites is 1. The molecule has 1 saturated heterocycles. The third kappa shape index (κ3) is 1.54. The van der Waals surface area contributed by atoms with Crippen molar-refractivity contribution >= 4 is 0 Å². The van der Waals surface area contributed by atoms with Crippen LogP contribution in [0.3, 0.4) is 0 Å². The van der Waals surface area contributed by atoms with Crippen molar-refractivity contribution in [2.24, 2.45) is 11.1 Å². The van der Waals surface area contributed by atoms with Crippen LogP contribution in [0.2, 0.25) is 0 Å². The molecule has 0 saturated carbocycles. The van der Waals surface area contributed by atoms with E-state index in [1.807, 2.05) is 24.3 Å². The van der Waals surface area contributed by atoms with E-state index in [2.05, 4.69) is 6.07 Å². The van der Waals surface area contributed by atoms with Crippen LogP contribution in [0.5, 0.6) is 5.75 Å². The molecule has 16 heavy (non-hydrogen) atoms. The topological polar surface area (TPSA) is 68.3 Å². The Kier molecular flexibility index (Phi) is 2.82. The van der Waals surface area contributed by atoms with Crippen molar-refractivity contribution < 1.29 is 9.47 Å². The highest BCUT2D eigenvalue weighted by atomic mass is 16.5. The van der Waals surface area contributed by atoms with E-state index < -0.39 is 5.41 Å². The summed E-state index contributed by atoms with van der Waals surface area (Å²) in [7, 11) is 1.60. The molecule has 1 aromatic carbocycles.